The number of pyridine rings is 1. The van der Waals surface area contributed by atoms with Crippen molar-refractivity contribution in [2.45, 2.75) is 136 Å². The van der Waals surface area contributed by atoms with Gasteiger partial charge in [0.25, 0.3) is 0 Å². The fourth-order valence-corrected chi connectivity index (χ4v) is 14.3. The van der Waals surface area contributed by atoms with Crippen LogP contribution in [0, 0.1) is 12.8 Å². The van der Waals surface area contributed by atoms with E-state index in [2.05, 4.69) is 291 Å². The number of nitrogens with zero attached hydrogens (tertiary/aromatic N) is 17. The minimum Gasteiger partial charge on any atom is -0.305 e. The number of rotatable bonds is 5. The molecule has 0 bridgehead atoms. The van der Waals surface area contributed by atoms with E-state index in [1.54, 1.807) is 12.3 Å². The molecule has 0 saturated carbocycles. The molecule has 2 aromatic carbocycles. The highest BCUT2D eigenvalue weighted by atomic mass is 35.5. The smallest absolute Gasteiger partial charge is 0.133 e. The summed E-state index contributed by atoms with van der Waals surface area (Å²) >= 11 is 11.3. The van der Waals surface area contributed by atoms with E-state index in [-0.39, 0.29) is 0 Å². The van der Waals surface area contributed by atoms with Crippen LogP contribution in [0.4, 0.5) is 0 Å². The highest BCUT2D eigenvalue weighted by Gasteiger charge is 2.25. The maximum absolute atomic E-state index is 5.69. The summed E-state index contributed by atoms with van der Waals surface area (Å²) in [6.07, 6.45) is 13.2. The van der Waals surface area contributed by atoms with Crippen molar-refractivity contribution in [3.63, 3.8) is 0 Å². The van der Waals surface area contributed by atoms with Crippen LogP contribution in [-0.2, 0) is 6.42 Å². The molecule has 1 aromatic heterocycles. The Morgan fingerprint density at radius 1 is 0.380 bits per heavy atom. The average Bonchev–Trinajstić information content (AvgIpc) is 1.45. The third-order valence-electron chi connectivity index (χ3n) is 22.0. The van der Waals surface area contributed by atoms with Gasteiger partial charge in [0.1, 0.15) is 5.15 Å². The van der Waals surface area contributed by atoms with Crippen LogP contribution in [0.1, 0.15) is 109 Å². The van der Waals surface area contributed by atoms with Crippen molar-refractivity contribution in [2.75, 3.05) is 283 Å². The summed E-state index contributed by atoms with van der Waals surface area (Å²) in [5, 5.41) is 1.14. The normalized spacial score (nSPS) is 26.2. The summed E-state index contributed by atoms with van der Waals surface area (Å²) in [5.41, 5.74) is 3.73. The summed E-state index contributed by atoms with van der Waals surface area (Å²) in [6, 6.07) is 27.6. The largest absolute Gasteiger partial charge is 0.305 e. The van der Waals surface area contributed by atoms with Crippen molar-refractivity contribution in [1.82, 2.24) is 83.4 Å². The molecule has 8 fully saturated rings. The molecule has 11 rings (SSSR count). The van der Waals surface area contributed by atoms with Gasteiger partial charge in [0.05, 0.1) is 0 Å². The number of piperazine rings is 1. The summed E-state index contributed by atoms with van der Waals surface area (Å²) < 4.78 is 0. The number of hydrogen-bond acceptors (Lipinski definition) is 17. The molecule has 0 radical (unpaired) electrons. The predicted octanol–water partition coefficient (Wildman–Crippen LogP) is 10.3. The molecular formula is C81H155Cl2N17. The number of benzene rings is 2. The van der Waals surface area contributed by atoms with E-state index in [1.807, 2.05) is 6.92 Å². The lowest BCUT2D eigenvalue weighted by Gasteiger charge is -2.30. The number of hydrogen-bond donors (Lipinski definition) is 0. The van der Waals surface area contributed by atoms with Crippen LogP contribution in [-0.4, -0.2) is 397 Å². The molecular weight excluding hydrogens is 1280 g/mol. The van der Waals surface area contributed by atoms with E-state index in [4.69, 9.17) is 23.2 Å². The van der Waals surface area contributed by atoms with Gasteiger partial charge in [0, 0.05) is 138 Å². The first kappa shape index (κ1) is 91.7. The quantitative estimate of drug-likeness (QED) is 0.228. The third kappa shape index (κ3) is 39.8. The predicted molar refractivity (Wildman–Crippen MR) is 437 cm³/mol. The van der Waals surface area contributed by atoms with Gasteiger partial charge in [0.15, 0.2) is 0 Å². The second-order valence-electron chi connectivity index (χ2n) is 31.7. The Morgan fingerprint density at radius 3 is 1.25 bits per heavy atom. The molecule has 3 aromatic rings. The van der Waals surface area contributed by atoms with Crippen molar-refractivity contribution < 1.29 is 0 Å². The lowest BCUT2D eigenvalue weighted by Crippen LogP contribution is -2.42. The van der Waals surface area contributed by atoms with E-state index in [9.17, 15) is 0 Å². The Bertz CT molecular complexity index is 2390. The van der Waals surface area contributed by atoms with Crippen LogP contribution in [0.2, 0.25) is 10.2 Å². The molecule has 8 saturated heterocycles. The van der Waals surface area contributed by atoms with Crippen molar-refractivity contribution in [1.29, 1.82) is 0 Å². The first-order chi connectivity index (χ1) is 47.6. The molecule has 6 unspecified atom stereocenters. The Kier molecular flexibility index (Phi) is 48.2. The number of halogens is 2. The Labute approximate surface area is 627 Å². The zero-order valence-corrected chi connectivity index (χ0v) is 70.1. The Balaban J connectivity index is 0.000000295. The average molecular weight is 1440 g/mol. The molecule has 0 spiro atoms. The molecule has 0 amide bonds. The van der Waals surface area contributed by atoms with Crippen molar-refractivity contribution >= 4 is 23.2 Å². The molecule has 0 aliphatic carbocycles. The zero-order chi connectivity index (χ0) is 74.1. The van der Waals surface area contributed by atoms with Gasteiger partial charge in [-0.15, -0.1) is 0 Å². The van der Waals surface area contributed by atoms with Gasteiger partial charge >= 0.3 is 0 Å². The molecule has 19 heteroatoms. The highest BCUT2D eigenvalue weighted by molar-refractivity contribution is 6.35. The summed E-state index contributed by atoms with van der Waals surface area (Å²) in [7, 11) is 35.5. The van der Waals surface area contributed by atoms with Gasteiger partial charge in [-0.25, -0.2) is 4.98 Å². The fraction of sp³-hybridized carbons (Fsp3) is 0.790. The van der Waals surface area contributed by atoms with Crippen LogP contribution in [0.5, 0.6) is 0 Å². The summed E-state index contributed by atoms with van der Waals surface area (Å²) in [5.74, 6) is 0.774. The van der Waals surface area contributed by atoms with Crippen molar-refractivity contribution in [2.24, 2.45) is 5.92 Å². The second-order valence-corrected chi connectivity index (χ2v) is 32.4. The van der Waals surface area contributed by atoms with Gasteiger partial charge < -0.3 is 73.5 Å². The second kappa shape index (κ2) is 52.5. The minimum atomic E-state index is 0.475. The fourth-order valence-electron chi connectivity index (χ4n) is 14.0. The summed E-state index contributed by atoms with van der Waals surface area (Å²) in [4.78, 5) is 42.8. The number of aromatic nitrogens is 1. The van der Waals surface area contributed by atoms with Crippen LogP contribution in [0.3, 0.4) is 0 Å². The molecule has 9 heterocycles. The van der Waals surface area contributed by atoms with E-state index in [1.165, 1.54) is 233 Å². The zero-order valence-electron chi connectivity index (χ0n) is 68.6. The molecule has 0 N–H and O–H groups in total. The van der Waals surface area contributed by atoms with E-state index < -0.39 is 0 Å². The first-order valence-corrected chi connectivity index (χ1v) is 39.7. The molecule has 8 aliphatic heterocycles. The standard InChI is InChI=1S/C14H22N2.C13H20N2.C10H22N2.C9H20N2.2C8H18N2.C7H16N2.C6H5Cl2N.C6H14N2/c1-15-9-6-10-16(2)14(12-15)11-13-7-4-3-5-8-13;1-14-9-6-10-15(2)13(11-14)12-7-4-3-5-8-12;1-9(2)10-8-11(3)6-5-7-12(10)4;1-4-9-8-10(2)6-5-7-11(9)3;1-8-4-5-9(2)6-7-10(8)3;1-8-7-9(2)5-4-6-10(8)3;1-8-4-3-5-9(2)7-6-8;1-4-5(7)2-3-9-6(4)8;1-7-3-5-8(2)6-4-7/h3-5,7-8,14H,6,9-12H2,1-2H3;3-5,7-8,13H,6,9-11H2,1-2H3;9-10H,5-8H2,1-4H3;9H,4-8H2,1-3H3;2*8H,4-7H2,1-3H3;3-7H2,1-2H3;2-3H,1H3;3-6H2,1-2H3. The molecule has 17 nitrogen and oxygen atoms in total. The monoisotopic (exact) mass is 1440 g/mol. The summed E-state index contributed by atoms with van der Waals surface area (Å²) in [6.45, 7) is 45.4. The molecule has 6 atom stereocenters. The van der Waals surface area contributed by atoms with Gasteiger partial charge in [0.2, 0.25) is 0 Å². The first-order valence-electron chi connectivity index (χ1n) is 39.0. The van der Waals surface area contributed by atoms with Crippen LogP contribution >= 0.6 is 23.2 Å². The SMILES string of the molecule is CC(C)C1CN(C)CCCN1C.CC1CCN(C)CCN1C.CC1CN(C)CCCN1C.CCC1CN(C)CCCN1C.CN1CCCN(C)C(Cc2ccccc2)C1.CN1CCCN(C)C(c2ccccc2)C1.CN1CCCN(C)CC1.CN1CCN(C)CC1.Cc1c(Cl)ccnc1Cl. The van der Waals surface area contributed by atoms with Gasteiger partial charge in [-0.1, -0.05) is 105 Å². The van der Waals surface area contributed by atoms with Crippen molar-refractivity contribution in [3.8, 4) is 0 Å². The topological polar surface area (TPSA) is 64.7 Å². The van der Waals surface area contributed by atoms with Crippen LogP contribution in [0.25, 0.3) is 0 Å². The van der Waals surface area contributed by atoms with E-state index in [0.717, 1.165) is 42.2 Å². The van der Waals surface area contributed by atoms with Crippen molar-refractivity contribution in [3.05, 3.63) is 99.8 Å². The maximum atomic E-state index is 5.69. The Morgan fingerprint density at radius 2 is 0.760 bits per heavy atom. The van der Waals surface area contributed by atoms with E-state index in [0.29, 0.717) is 22.3 Å². The molecule has 100 heavy (non-hydrogen) atoms. The van der Waals surface area contributed by atoms with Crippen LogP contribution in [0.15, 0.2) is 72.9 Å². The lowest BCUT2D eigenvalue weighted by atomic mass is 10.0. The van der Waals surface area contributed by atoms with E-state index >= 15 is 0 Å². The molecule has 8 aliphatic rings. The minimum absolute atomic E-state index is 0.475. The highest BCUT2D eigenvalue weighted by Crippen LogP contribution is 2.23. The van der Waals surface area contributed by atoms with Crippen LogP contribution < -0.4 is 0 Å². The van der Waals surface area contributed by atoms with Gasteiger partial charge in [-0.05, 0) is 300 Å². The third-order valence-corrected chi connectivity index (χ3v) is 22.7. The van der Waals surface area contributed by atoms with Gasteiger partial charge in [-0.2, -0.15) is 0 Å². The Hall–Kier alpha value is -2.47. The lowest BCUT2D eigenvalue weighted by molar-refractivity contribution is 0.178. The number of likely N-dealkylation sites (N-methyl/N-ethyl adjacent to an activating group) is 16. The van der Waals surface area contributed by atoms with Gasteiger partial charge in [-0.3, -0.25) is 4.90 Å². The molecule has 578 valence electrons. The maximum Gasteiger partial charge on any atom is 0.133 e.